The van der Waals surface area contributed by atoms with Crippen molar-refractivity contribution in [3.63, 3.8) is 0 Å². The molecule has 0 bridgehead atoms. The minimum atomic E-state index is 0.429. The monoisotopic (exact) mass is 241 g/mol. The van der Waals surface area contributed by atoms with Gasteiger partial charge in [-0.15, -0.1) is 0 Å². The van der Waals surface area contributed by atoms with Crippen LogP contribution in [0.2, 0.25) is 10.0 Å². The number of halogens is 2. The van der Waals surface area contributed by atoms with Gasteiger partial charge in [-0.05, 0) is 18.2 Å². The van der Waals surface area contributed by atoms with Crippen molar-refractivity contribution in [3.8, 4) is 11.4 Å². The number of hydrogen-bond donors (Lipinski definition) is 2. The lowest BCUT2D eigenvalue weighted by Crippen LogP contribution is -1.95. The Labute approximate surface area is 97.2 Å². The first-order chi connectivity index (χ1) is 7.20. The number of rotatable bonds is 2. The van der Waals surface area contributed by atoms with Gasteiger partial charge in [0.15, 0.2) is 0 Å². The summed E-state index contributed by atoms with van der Waals surface area (Å²) in [6.07, 6.45) is 1.69. The number of nitrogens with zero attached hydrogens (tertiary/aromatic N) is 1. The van der Waals surface area contributed by atoms with Crippen molar-refractivity contribution in [2.24, 2.45) is 5.73 Å². The number of hydrogen-bond acceptors (Lipinski definition) is 2. The first kappa shape index (κ1) is 10.5. The van der Waals surface area contributed by atoms with E-state index in [1.807, 2.05) is 6.07 Å². The molecule has 0 unspecified atom stereocenters. The molecule has 0 atom stereocenters. The highest BCUT2D eigenvalue weighted by Crippen LogP contribution is 2.28. The van der Waals surface area contributed by atoms with Gasteiger partial charge in [0.2, 0.25) is 0 Å². The molecule has 0 fully saturated rings. The van der Waals surface area contributed by atoms with Gasteiger partial charge < -0.3 is 10.7 Å². The summed E-state index contributed by atoms with van der Waals surface area (Å²) in [6.45, 7) is 0.429. The molecule has 0 amide bonds. The summed E-state index contributed by atoms with van der Waals surface area (Å²) in [6, 6.07) is 5.28. The molecular formula is C10H9Cl2N3. The SMILES string of the molecule is NCc1cnc(-c2ccc(Cl)cc2Cl)[nH]1. The number of nitrogens with one attached hydrogen (secondary N) is 1. The first-order valence-corrected chi connectivity index (χ1v) is 5.15. The van der Waals surface area contributed by atoms with Crippen LogP contribution in [0, 0.1) is 0 Å². The zero-order valence-corrected chi connectivity index (χ0v) is 9.31. The van der Waals surface area contributed by atoms with E-state index in [9.17, 15) is 0 Å². The third-order valence-corrected chi connectivity index (χ3v) is 2.58. The van der Waals surface area contributed by atoms with Crippen LogP contribution in [0.5, 0.6) is 0 Å². The van der Waals surface area contributed by atoms with Gasteiger partial charge >= 0.3 is 0 Å². The van der Waals surface area contributed by atoms with Crippen LogP contribution in [0.4, 0.5) is 0 Å². The minimum absolute atomic E-state index is 0.429. The maximum Gasteiger partial charge on any atom is 0.139 e. The molecule has 5 heteroatoms. The standard InChI is InChI=1S/C10H9Cl2N3/c11-6-1-2-8(9(12)3-6)10-14-5-7(4-13)15-10/h1-3,5H,4,13H2,(H,14,15). The van der Waals surface area contributed by atoms with Crippen molar-refractivity contribution in [2.45, 2.75) is 6.54 Å². The van der Waals surface area contributed by atoms with Gasteiger partial charge in [0.1, 0.15) is 5.82 Å². The zero-order valence-electron chi connectivity index (χ0n) is 7.80. The fourth-order valence-corrected chi connectivity index (χ4v) is 1.78. The molecular weight excluding hydrogens is 233 g/mol. The highest BCUT2D eigenvalue weighted by atomic mass is 35.5. The number of aromatic amines is 1. The Morgan fingerprint density at radius 1 is 1.33 bits per heavy atom. The predicted octanol–water partition coefficient (Wildman–Crippen LogP) is 2.84. The molecule has 3 N–H and O–H groups in total. The van der Waals surface area contributed by atoms with Crippen LogP contribution in [-0.2, 0) is 6.54 Å². The lowest BCUT2D eigenvalue weighted by atomic mass is 10.2. The molecule has 1 aromatic heterocycles. The highest BCUT2D eigenvalue weighted by molar-refractivity contribution is 6.36. The topological polar surface area (TPSA) is 54.7 Å². The average molecular weight is 242 g/mol. The van der Waals surface area contributed by atoms with Crippen molar-refractivity contribution < 1.29 is 0 Å². The number of benzene rings is 1. The molecule has 0 aliphatic heterocycles. The molecule has 0 radical (unpaired) electrons. The molecule has 0 aliphatic rings. The summed E-state index contributed by atoms with van der Waals surface area (Å²) in [5.74, 6) is 0.706. The second kappa shape index (κ2) is 4.23. The summed E-state index contributed by atoms with van der Waals surface area (Å²) >= 11 is 11.8. The Balaban J connectivity index is 2.44. The van der Waals surface area contributed by atoms with Crippen molar-refractivity contribution in [1.82, 2.24) is 9.97 Å². The smallest absolute Gasteiger partial charge is 0.139 e. The largest absolute Gasteiger partial charge is 0.341 e. The highest BCUT2D eigenvalue weighted by Gasteiger charge is 2.07. The van der Waals surface area contributed by atoms with Gasteiger partial charge in [0.05, 0.1) is 5.02 Å². The quantitative estimate of drug-likeness (QED) is 0.850. The Kier molecular flexibility index (Phi) is 2.95. The molecule has 1 heterocycles. The van der Waals surface area contributed by atoms with Crippen LogP contribution in [0.1, 0.15) is 5.69 Å². The summed E-state index contributed by atoms with van der Waals surface area (Å²) in [5, 5.41) is 1.18. The average Bonchev–Trinajstić information content (AvgIpc) is 2.66. The number of aromatic nitrogens is 2. The Hall–Kier alpha value is -1.03. The third-order valence-electron chi connectivity index (χ3n) is 2.03. The summed E-state index contributed by atoms with van der Waals surface area (Å²) < 4.78 is 0. The van der Waals surface area contributed by atoms with E-state index in [1.54, 1.807) is 18.3 Å². The molecule has 1 aromatic carbocycles. The van der Waals surface area contributed by atoms with E-state index in [2.05, 4.69) is 9.97 Å². The van der Waals surface area contributed by atoms with Gasteiger partial charge in [0, 0.05) is 29.0 Å². The van der Waals surface area contributed by atoms with E-state index in [0.29, 0.717) is 22.4 Å². The van der Waals surface area contributed by atoms with E-state index < -0.39 is 0 Å². The summed E-state index contributed by atoms with van der Waals surface area (Å²) in [4.78, 5) is 7.26. The van der Waals surface area contributed by atoms with Crippen LogP contribution in [0.15, 0.2) is 24.4 Å². The van der Waals surface area contributed by atoms with Crippen LogP contribution >= 0.6 is 23.2 Å². The van der Waals surface area contributed by atoms with Gasteiger partial charge in [-0.3, -0.25) is 0 Å². The van der Waals surface area contributed by atoms with E-state index in [1.165, 1.54) is 0 Å². The maximum absolute atomic E-state index is 6.04. The van der Waals surface area contributed by atoms with E-state index >= 15 is 0 Å². The Morgan fingerprint density at radius 2 is 2.13 bits per heavy atom. The van der Waals surface area contributed by atoms with Crippen LogP contribution < -0.4 is 5.73 Å². The molecule has 0 saturated carbocycles. The van der Waals surface area contributed by atoms with Crippen LogP contribution in [0.3, 0.4) is 0 Å². The fraction of sp³-hybridized carbons (Fsp3) is 0.100. The fourth-order valence-electron chi connectivity index (χ4n) is 1.28. The lowest BCUT2D eigenvalue weighted by Gasteiger charge is -2.00. The molecule has 15 heavy (non-hydrogen) atoms. The molecule has 3 nitrogen and oxygen atoms in total. The Morgan fingerprint density at radius 3 is 2.73 bits per heavy atom. The minimum Gasteiger partial charge on any atom is -0.341 e. The van der Waals surface area contributed by atoms with Crippen LogP contribution in [-0.4, -0.2) is 9.97 Å². The van der Waals surface area contributed by atoms with Crippen molar-refractivity contribution in [3.05, 3.63) is 40.1 Å². The maximum atomic E-state index is 6.04. The Bertz CT molecular complexity index is 479. The van der Waals surface area contributed by atoms with E-state index in [4.69, 9.17) is 28.9 Å². The molecule has 0 aliphatic carbocycles. The second-order valence-electron chi connectivity index (χ2n) is 3.09. The lowest BCUT2D eigenvalue weighted by molar-refractivity contribution is 1.01. The number of H-pyrrole nitrogens is 1. The van der Waals surface area contributed by atoms with Crippen molar-refractivity contribution >= 4 is 23.2 Å². The van der Waals surface area contributed by atoms with E-state index in [-0.39, 0.29) is 0 Å². The molecule has 0 spiro atoms. The van der Waals surface area contributed by atoms with Gasteiger partial charge in [-0.1, -0.05) is 23.2 Å². The molecule has 78 valence electrons. The first-order valence-electron chi connectivity index (χ1n) is 4.40. The van der Waals surface area contributed by atoms with E-state index in [0.717, 1.165) is 11.3 Å². The third kappa shape index (κ3) is 2.15. The number of imidazole rings is 1. The number of nitrogens with two attached hydrogens (primary N) is 1. The van der Waals surface area contributed by atoms with Gasteiger partial charge in [-0.2, -0.15) is 0 Å². The normalized spacial score (nSPS) is 10.6. The summed E-state index contributed by atoms with van der Waals surface area (Å²) in [7, 11) is 0. The molecule has 0 saturated heterocycles. The van der Waals surface area contributed by atoms with Crippen molar-refractivity contribution in [2.75, 3.05) is 0 Å². The van der Waals surface area contributed by atoms with Crippen LogP contribution in [0.25, 0.3) is 11.4 Å². The molecule has 2 aromatic rings. The summed E-state index contributed by atoms with van der Waals surface area (Å²) in [5.41, 5.74) is 7.17. The predicted molar refractivity (Wildman–Crippen MR) is 61.9 cm³/mol. The second-order valence-corrected chi connectivity index (χ2v) is 3.93. The van der Waals surface area contributed by atoms with Gasteiger partial charge in [0.25, 0.3) is 0 Å². The molecule has 2 rings (SSSR count). The van der Waals surface area contributed by atoms with Gasteiger partial charge in [-0.25, -0.2) is 4.98 Å². The zero-order chi connectivity index (χ0) is 10.8. The van der Waals surface area contributed by atoms with Crippen molar-refractivity contribution in [1.29, 1.82) is 0 Å².